The lowest BCUT2D eigenvalue weighted by atomic mass is 10.2. The Hall–Kier alpha value is -1.26. The Balaban J connectivity index is 1.79. The molecule has 18 heavy (non-hydrogen) atoms. The summed E-state index contributed by atoms with van der Waals surface area (Å²) < 4.78 is 5.07. The van der Waals surface area contributed by atoms with Gasteiger partial charge in [0, 0.05) is 11.6 Å². The summed E-state index contributed by atoms with van der Waals surface area (Å²) >= 11 is 6.10. The standard InChI is InChI=1S/C13H16ClNO3/c1-18-10-3-2-8(12(14)5-10)6-15-7-9-4-11(9)13(16)17/h2-3,5,9,11,15H,4,6-7H2,1H3,(H,16,17). The van der Waals surface area contributed by atoms with Crippen molar-refractivity contribution in [1.82, 2.24) is 5.32 Å². The van der Waals surface area contributed by atoms with Crippen LogP contribution in [-0.2, 0) is 11.3 Å². The first-order valence-corrected chi connectivity index (χ1v) is 6.25. The molecule has 2 atom stereocenters. The van der Waals surface area contributed by atoms with Crippen molar-refractivity contribution < 1.29 is 14.6 Å². The molecule has 1 aromatic rings. The predicted octanol–water partition coefficient (Wildman–Crippen LogP) is 2.16. The number of carboxylic acids is 1. The number of hydrogen-bond acceptors (Lipinski definition) is 3. The second kappa shape index (κ2) is 5.59. The third-order valence-corrected chi connectivity index (χ3v) is 3.57. The fraction of sp³-hybridized carbons (Fsp3) is 0.462. The molecule has 2 N–H and O–H groups in total. The monoisotopic (exact) mass is 269 g/mol. The van der Waals surface area contributed by atoms with Gasteiger partial charge >= 0.3 is 5.97 Å². The van der Waals surface area contributed by atoms with Gasteiger partial charge in [-0.3, -0.25) is 4.79 Å². The van der Waals surface area contributed by atoms with E-state index in [2.05, 4.69) is 5.32 Å². The molecule has 0 bridgehead atoms. The van der Waals surface area contributed by atoms with Crippen LogP contribution in [0.4, 0.5) is 0 Å². The normalized spacial score (nSPS) is 21.7. The van der Waals surface area contributed by atoms with Crippen molar-refractivity contribution in [3.05, 3.63) is 28.8 Å². The van der Waals surface area contributed by atoms with Gasteiger partial charge in [-0.2, -0.15) is 0 Å². The molecule has 1 saturated carbocycles. The molecule has 0 amide bonds. The lowest BCUT2D eigenvalue weighted by Gasteiger charge is -2.08. The van der Waals surface area contributed by atoms with Crippen molar-refractivity contribution in [2.45, 2.75) is 13.0 Å². The molecule has 4 nitrogen and oxygen atoms in total. The zero-order valence-corrected chi connectivity index (χ0v) is 10.9. The van der Waals surface area contributed by atoms with E-state index in [1.165, 1.54) is 0 Å². The van der Waals surface area contributed by atoms with Crippen LogP contribution in [0.1, 0.15) is 12.0 Å². The van der Waals surface area contributed by atoms with E-state index < -0.39 is 5.97 Å². The Morgan fingerprint density at radius 2 is 2.39 bits per heavy atom. The maximum Gasteiger partial charge on any atom is 0.306 e. The molecule has 0 aliphatic heterocycles. The van der Waals surface area contributed by atoms with Gasteiger partial charge in [0.1, 0.15) is 5.75 Å². The summed E-state index contributed by atoms with van der Waals surface area (Å²) in [6.07, 6.45) is 0.776. The topological polar surface area (TPSA) is 58.6 Å². The Kier molecular flexibility index (Phi) is 4.09. The lowest BCUT2D eigenvalue weighted by molar-refractivity contribution is -0.138. The Morgan fingerprint density at radius 1 is 1.61 bits per heavy atom. The number of halogens is 1. The Labute approximate surface area is 111 Å². The van der Waals surface area contributed by atoms with E-state index >= 15 is 0 Å². The number of hydrogen-bond donors (Lipinski definition) is 2. The molecular weight excluding hydrogens is 254 g/mol. The van der Waals surface area contributed by atoms with Crippen molar-refractivity contribution >= 4 is 17.6 Å². The number of carbonyl (C=O) groups is 1. The van der Waals surface area contributed by atoms with E-state index in [0.29, 0.717) is 11.6 Å². The summed E-state index contributed by atoms with van der Waals surface area (Å²) in [5.74, 6) is 0.143. The number of carboxylic acid groups (broad SMARTS) is 1. The second-order valence-corrected chi connectivity index (χ2v) is 4.94. The van der Waals surface area contributed by atoms with E-state index in [1.807, 2.05) is 12.1 Å². The fourth-order valence-electron chi connectivity index (χ4n) is 1.97. The quantitative estimate of drug-likeness (QED) is 0.831. The predicted molar refractivity (Wildman–Crippen MR) is 68.9 cm³/mol. The van der Waals surface area contributed by atoms with Gasteiger partial charge in [-0.15, -0.1) is 0 Å². The average Bonchev–Trinajstić information content (AvgIpc) is 3.11. The minimum Gasteiger partial charge on any atom is -0.497 e. The second-order valence-electron chi connectivity index (χ2n) is 4.53. The summed E-state index contributed by atoms with van der Waals surface area (Å²) in [6.45, 7) is 1.37. The summed E-state index contributed by atoms with van der Waals surface area (Å²) in [5.41, 5.74) is 0.991. The highest BCUT2D eigenvalue weighted by Crippen LogP contribution is 2.37. The molecular formula is C13H16ClNO3. The van der Waals surface area contributed by atoms with Gasteiger partial charge in [-0.25, -0.2) is 0 Å². The third-order valence-electron chi connectivity index (χ3n) is 3.22. The number of nitrogens with one attached hydrogen (secondary N) is 1. The van der Waals surface area contributed by atoms with Crippen molar-refractivity contribution in [3.63, 3.8) is 0 Å². The van der Waals surface area contributed by atoms with Crippen molar-refractivity contribution in [2.75, 3.05) is 13.7 Å². The molecule has 0 spiro atoms. The van der Waals surface area contributed by atoms with E-state index in [1.54, 1.807) is 13.2 Å². The first-order valence-electron chi connectivity index (χ1n) is 5.87. The number of ether oxygens (including phenoxy) is 1. The zero-order chi connectivity index (χ0) is 13.1. The molecule has 0 heterocycles. The highest BCUT2D eigenvalue weighted by molar-refractivity contribution is 6.31. The molecule has 1 aliphatic carbocycles. The van der Waals surface area contributed by atoms with Crippen LogP contribution >= 0.6 is 11.6 Å². The van der Waals surface area contributed by atoms with Gasteiger partial charge in [-0.05, 0) is 36.6 Å². The Bertz CT molecular complexity index is 450. The van der Waals surface area contributed by atoms with Gasteiger partial charge in [-0.1, -0.05) is 17.7 Å². The number of rotatable bonds is 6. The first-order chi connectivity index (χ1) is 8.61. The van der Waals surface area contributed by atoms with Crippen molar-refractivity contribution in [2.24, 2.45) is 11.8 Å². The summed E-state index contributed by atoms with van der Waals surface area (Å²) in [4.78, 5) is 10.7. The van der Waals surface area contributed by atoms with E-state index in [-0.39, 0.29) is 11.8 Å². The maximum atomic E-state index is 10.7. The van der Waals surface area contributed by atoms with Crippen molar-refractivity contribution in [3.8, 4) is 5.75 Å². The Morgan fingerprint density at radius 3 is 2.94 bits per heavy atom. The fourth-order valence-corrected chi connectivity index (χ4v) is 2.20. The van der Waals surface area contributed by atoms with Crippen LogP contribution in [0.5, 0.6) is 5.75 Å². The molecule has 0 aromatic heterocycles. The largest absolute Gasteiger partial charge is 0.497 e. The van der Waals surface area contributed by atoms with Crippen LogP contribution in [0.15, 0.2) is 18.2 Å². The molecule has 98 valence electrons. The van der Waals surface area contributed by atoms with Crippen LogP contribution in [-0.4, -0.2) is 24.7 Å². The summed E-state index contributed by atoms with van der Waals surface area (Å²) in [5, 5.41) is 12.7. The molecule has 2 unspecified atom stereocenters. The summed E-state index contributed by atoms with van der Waals surface area (Å²) in [7, 11) is 1.60. The molecule has 0 radical (unpaired) electrons. The average molecular weight is 270 g/mol. The lowest BCUT2D eigenvalue weighted by Crippen LogP contribution is -2.18. The molecule has 1 aliphatic rings. The number of aliphatic carboxylic acids is 1. The molecule has 0 saturated heterocycles. The van der Waals surface area contributed by atoms with Gasteiger partial charge < -0.3 is 15.2 Å². The van der Waals surface area contributed by atoms with E-state index in [4.69, 9.17) is 21.4 Å². The zero-order valence-electron chi connectivity index (χ0n) is 10.1. The van der Waals surface area contributed by atoms with Gasteiger partial charge in [0.15, 0.2) is 0 Å². The molecule has 1 aromatic carbocycles. The van der Waals surface area contributed by atoms with Crippen LogP contribution < -0.4 is 10.1 Å². The smallest absolute Gasteiger partial charge is 0.306 e. The van der Waals surface area contributed by atoms with E-state index in [9.17, 15) is 4.79 Å². The number of benzene rings is 1. The number of methoxy groups -OCH3 is 1. The summed E-state index contributed by atoms with van der Waals surface area (Å²) in [6, 6.07) is 5.55. The van der Waals surface area contributed by atoms with Crippen LogP contribution in [0.3, 0.4) is 0 Å². The molecule has 5 heteroatoms. The van der Waals surface area contributed by atoms with Crippen LogP contribution in [0, 0.1) is 11.8 Å². The first kappa shape index (κ1) is 13.2. The van der Waals surface area contributed by atoms with Gasteiger partial charge in [0.25, 0.3) is 0 Å². The highest BCUT2D eigenvalue weighted by atomic mass is 35.5. The van der Waals surface area contributed by atoms with Crippen LogP contribution in [0.25, 0.3) is 0 Å². The maximum absolute atomic E-state index is 10.7. The van der Waals surface area contributed by atoms with Crippen molar-refractivity contribution in [1.29, 1.82) is 0 Å². The van der Waals surface area contributed by atoms with Gasteiger partial charge in [0.2, 0.25) is 0 Å². The van der Waals surface area contributed by atoms with Gasteiger partial charge in [0.05, 0.1) is 13.0 Å². The van der Waals surface area contributed by atoms with Crippen LogP contribution in [0.2, 0.25) is 5.02 Å². The minimum absolute atomic E-state index is 0.163. The minimum atomic E-state index is -0.690. The van der Waals surface area contributed by atoms with E-state index in [0.717, 1.165) is 24.3 Å². The molecule has 1 fully saturated rings. The SMILES string of the molecule is COc1ccc(CNCC2CC2C(=O)O)c(Cl)c1. The molecule has 2 rings (SSSR count). The third kappa shape index (κ3) is 3.15. The highest BCUT2D eigenvalue weighted by Gasteiger charge is 2.42.